The summed E-state index contributed by atoms with van der Waals surface area (Å²) >= 11 is 0. The van der Waals surface area contributed by atoms with Crippen LogP contribution < -0.4 is 10.1 Å². The number of aromatic nitrogens is 5. The van der Waals surface area contributed by atoms with Gasteiger partial charge in [0.2, 0.25) is 0 Å². The minimum absolute atomic E-state index is 0.179. The van der Waals surface area contributed by atoms with Gasteiger partial charge in [-0.15, -0.1) is 0 Å². The van der Waals surface area contributed by atoms with E-state index in [9.17, 15) is 0 Å². The summed E-state index contributed by atoms with van der Waals surface area (Å²) in [6, 6.07) is 11.0. The van der Waals surface area contributed by atoms with Gasteiger partial charge in [-0.1, -0.05) is 0 Å². The largest absolute Gasteiger partial charge is 0.491 e. The zero-order chi connectivity index (χ0) is 24.5. The van der Waals surface area contributed by atoms with Gasteiger partial charge >= 0.3 is 0 Å². The third-order valence-corrected chi connectivity index (χ3v) is 6.07. The highest BCUT2D eigenvalue weighted by Crippen LogP contribution is 2.37. The Kier molecular flexibility index (Phi) is 6.00. The molecule has 0 aliphatic carbocycles. The Morgan fingerprint density at radius 1 is 1.09 bits per heavy atom. The van der Waals surface area contributed by atoms with Gasteiger partial charge in [0, 0.05) is 36.4 Å². The first kappa shape index (κ1) is 22.7. The fourth-order valence-electron chi connectivity index (χ4n) is 3.80. The monoisotopic (exact) mass is 471 g/mol. The molecule has 8 nitrogen and oxygen atoms in total. The molecule has 0 fully saturated rings. The number of pyridine rings is 1. The smallest absolute Gasteiger partial charge is 0.156 e. The molecule has 0 spiro atoms. The molecule has 0 saturated carbocycles. The molecule has 0 saturated heterocycles. The molecular weight excluding hydrogens is 445 g/mol. The minimum atomic E-state index is -0.391. The van der Waals surface area contributed by atoms with Gasteiger partial charge in [0.25, 0.3) is 0 Å². The van der Waals surface area contributed by atoms with Crippen molar-refractivity contribution in [1.82, 2.24) is 29.6 Å². The zero-order valence-corrected chi connectivity index (χ0v) is 20.0. The van der Waals surface area contributed by atoms with Crippen LogP contribution in [0.5, 0.6) is 5.75 Å². The summed E-state index contributed by atoms with van der Waals surface area (Å²) in [5, 5.41) is 8.56. The van der Waals surface area contributed by atoms with Crippen molar-refractivity contribution >= 4 is 33.3 Å². The molecule has 9 heteroatoms. The highest BCUT2D eigenvalue weighted by atomic mass is 19.1. The summed E-state index contributed by atoms with van der Waals surface area (Å²) < 4.78 is 23.3. The van der Waals surface area contributed by atoms with Crippen LogP contribution in [0.2, 0.25) is 0 Å². The number of halogens is 1. The van der Waals surface area contributed by atoms with Crippen LogP contribution >= 0.6 is 0 Å². The van der Waals surface area contributed by atoms with Crippen LogP contribution in [0.4, 0.5) is 15.9 Å². The number of nitrogens with one attached hydrogen (secondary N) is 1. The Balaban J connectivity index is 1.62. The molecule has 1 atom stereocenters. The lowest BCUT2D eigenvalue weighted by Crippen LogP contribution is -2.30. The number of anilines is 2. The molecule has 5 rings (SSSR count). The molecule has 1 N–H and O–H groups in total. The Morgan fingerprint density at radius 3 is 2.71 bits per heavy atom. The van der Waals surface area contributed by atoms with Crippen LogP contribution in [0.15, 0.2) is 61.3 Å². The minimum Gasteiger partial charge on any atom is -0.491 e. The second kappa shape index (κ2) is 9.27. The van der Waals surface area contributed by atoms with Crippen molar-refractivity contribution in [3.8, 4) is 16.9 Å². The predicted molar refractivity (Wildman–Crippen MR) is 135 cm³/mol. The highest BCUT2D eigenvalue weighted by molar-refractivity contribution is 5.99. The topological polar surface area (TPSA) is 81.0 Å². The number of hydrogen-bond donors (Lipinski definition) is 1. The van der Waals surface area contributed by atoms with Crippen molar-refractivity contribution in [2.45, 2.75) is 13.0 Å². The van der Waals surface area contributed by atoms with E-state index in [1.807, 2.05) is 39.5 Å². The first-order valence-corrected chi connectivity index (χ1v) is 11.3. The number of nitrogens with zero attached hydrogens (tertiary/aromatic N) is 6. The third kappa shape index (κ3) is 4.50. The van der Waals surface area contributed by atoms with Crippen molar-refractivity contribution < 1.29 is 9.13 Å². The summed E-state index contributed by atoms with van der Waals surface area (Å²) in [5.41, 5.74) is 3.44. The van der Waals surface area contributed by atoms with Crippen molar-refractivity contribution in [3.05, 3.63) is 67.1 Å². The molecule has 2 aromatic carbocycles. The van der Waals surface area contributed by atoms with Gasteiger partial charge in [0.05, 0.1) is 28.3 Å². The zero-order valence-electron chi connectivity index (χ0n) is 20.0. The number of fused-ring (bicyclic) bond motifs is 2. The van der Waals surface area contributed by atoms with Crippen molar-refractivity contribution in [1.29, 1.82) is 0 Å². The van der Waals surface area contributed by atoms with E-state index in [1.54, 1.807) is 41.3 Å². The second-order valence-corrected chi connectivity index (χ2v) is 8.74. The summed E-state index contributed by atoms with van der Waals surface area (Å²) in [4.78, 5) is 15.3. The Hall–Kier alpha value is -4.11. The summed E-state index contributed by atoms with van der Waals surface area (Å²) in [6.45, 7) is 2.55. The molecule has 0 radical (unpaired) electrons. The average molecular weight is 472 g/mol. The van der Waals surface area contributed by atoms with Gasteiger partial charge in [0.15, 0.2) is 5.82 Å². The number of rotatable bonds is 7. The lowest BCUT2D eigenvalue weighted by Gasteiger charge is -2.21. The van der Waals surface area contributed by atoms with Gasteiger partial charge in [0.1, 0.15) is 24.5 Å². The first-order valence-electron chi connectivity index (χ1n) is 11.3. The van der Waals surface area contributed by atoms with Crippen LogP contribution in [-0.4, -0.2) is 56.4 Å². The molecule has 3 heterocycles. The molecule has 5 aromatic rings. The highest BCUT2D eigenvalue weighted by Gasteiger charge is 2.17. The standard InChI is InChI=1S/C26H26FN7O/c1-16(33(2)3)14-35-23-11-17(18-12-31-34(4)13-18)10-22-24(23)26(30-15-29-22)32-21-8-7-20-19(25(21)27)6-5-9-28-20/h5-13,15-16H,14H2,1-4H3,(H,29,30,32)/t16-/m0/s1. The van der Waals surface area contributed by atoms with Crippen molar-refractivity contribution in [2.75, 3.05) is 26.0 Å². The van der Waals surface area contributed by atoms with E-state index in [-0.39, 0.29) is 6.04 Å². The first-order chi connectivity index (χ1) is 16.9. The van der Waals surface area contributed by atoms with Gasteiger partial charge in [-0.3, -0.25) is 9.67 Å². The molecule has 0 aliphatic rings. The molecular formula is C26H26FN7O. The van der Waals surface area contributed by atoms with Gasteiger partial charge < -0.3 is 15.0 Å². The van der Waals surface area contributed by atoms with Gasteiger partial charge in [-0.2, -0.15) is 5.10 Å². The fourth-order valence-corrected chi connectivity index (χ4v) is 3.80. The van der Waals surface area contributed by atoms with Crippen LogP contribution in [0, 0.1) is 5.82 Å². The van der Waals surface area contributed by atoms with E-state index in [0.29, 0.717) is 45.7 Å². The third-order valence-electron chi connectivity index (χ3n) is 6.07. The van der Waals surface area contributed by atoms with E-state index < -0.39 is 5.82 Å². The maximum absolute atomic E-state index is 15.3. The summed E-state index contributed by atoms with van der Waals surface area (Å²) in [6.07, 6.45) is 6.84. The fraction of sp³-hybridized carbons (Fsp3) is 0.231. The number of aryl methyl sites for hydroxylation is 1. The van der Waals surface area contributed by atoms with E-state index in [0.717, 1.165) is 11.1 Å². The van der Waals surface area contributed by atoms with E-state index in [1.165, 1.54) is 6.33 Å². The van der Waals surface area contributed by atoms with E-state index in [4.69, 9.17) is 4.74 Å². The van der Waals surface area contributed by atoms with Crippen LogP contribution in [-0.2, 0) is 7.05 Å². The lowest BCUT2D eigenvalue weighted by atomic mass is 10.1. The van der Waals surface area contributed by atoms with E-state index in [2.05, 4.69) is 37.2 Å². The number of likely N-dealkylation sites (N-methyl/N-ethyl adjacent to an activating group) is 1. The average Bonchev–Trinajstić information content (AvgIpc) is 3.30. The molecule has 0 amide bonds. The van der Waals surface area contributed by atoms with Crippen molar-refractivity contribution in [3.63, 3.8) is 0 Å². The molecule has 0 bridgehead atoms. The predicted octanol–water partition coefficient (Wildman–Crippen LogP) is 4.79. The number of hydrogen-bond acceptors (Lipinski definition) is 7. The van der Waals surface area contributed by atoms with Crippen LogP contribution in [0.25, 0.3) is 32.9 Å². The van der Waals surface area contributed by atoms with E-state index >= 15 is 4.39 Å². The quantitative estimate of drug-likeness (QED) is 0.365. The molecule has 178 valence electrons. The lowest BCUT2D eigenvalue weighted by molar-refractivity contribution is 0.200. The summed E-state index contributed by atoms with van der Waals surface area (Å²) in [5.74, 6) is 0.682. The Labute approximate surface area is 202 Å². The summed E-state index contributed by atoms with van der Waals surface area (Å²) in [7, 11) is 5.88. The number of benzene rings is 2. The number of ether oxygens (including phenoxy) is 1. The molecule has 0 unspecified atom stereocenters. The van der Waals surface area contributed by atoms with Crippen molar-refractivity contribution in [2.24, 2.45) is 7.05 Å². The van der Waals surface area contributed by atoms with Gasteiger partial charge in [-0.05, 0) is 63.0 Å². The van der Waals surface area contributed by atoms with Gasteiger partial charge in [-0.25, -0.2) is 14.4 Å². The molecule has 0 aliphatic heterocycles. The maximum Gasteiger partial charge on any atom is 0.156 e. The van der Waals surface area contributed by atoms with Crippen LogP contribution in [0.3, 0.4) is 0 Å². The Bertz CT molecular complexity index is 1510. The normalized spacial score (nSPS) is 12.4. The molecule has 3 aromatic heterocycles. The Morgan fingerprint density at radius 2 is 1.94 bits per heavy atom. The maximum atomic E-state index is 15.3. The SMILES string of the molecule is C[C@@H](COc1cc(-c2cnn(C)c2)cc2ncnc(Nc3ccc4ncccc4c3F)c12)N(C)C. The molecule has 35 heavy (non-hydrogen) atoms. The van der Waals surface area contributed by atoms with Crippen LogP contribution in [0.1, 0.15) is 6.92 Å². The second-order valence-electron chi connectivity index (χ2n) is 8.74.